The molecule has 1 heterocycles. The maximum absolute atomic E-state index is 12.1. The number of anilines is 2. The van der Waals surface area contributed by atoms with Gasteiger partial charge in [0.2, 0.25) is 0 Å². The van der Waals surface area contributed by atoms with Gasteiger partial charge in [-0.3, -0.25) is 4.79 Å². The summed E-state index contributed by atoms with van der Waals surface area (Å²) in [5, 5.41) is 12.0. The first-order valence-electron chi connectivity index (χ1n) is 5.50. The number of benzene rings is 1. The number of hydrogen-bond acceptors (Lipinski definition) is 5. The van der Waals surface area contributed by atoms with Crippen LogP contribution in [-0.2, 0) is 0 Å². The van der Waals surface area contributed by atoms with E-state index in [4.69, 9.17) is 10.5 Å². The third-order valence-electron chi connectivity index (χ3n) is 2.52. The van der Waals surface area contributed by atoms with Gasteiger partial charge in [0.05, 0.1) is 12.7 Å². The molecular weight excluding hydrogens is 246 g/mol. The van der Waals surface area contributed by atoms with Crippen molar-refractivity contribution in [1.29, 1.82) is 0 Å². The minimum Gasteiger partial charge on any atom is -0.504 e. The van der Waals surface area contributed by atoms with Crippen LogP contribution in [0.1, 0.15) is 10.4 Å². The highest BCUT2D eigenvalue weighted by atomic mass is 16.5. The van der Waals surface area contributed by atoms with E-state index in [2.05, 4.69) is 10.3 Å². The molecule has 0 unspecified atom stereocenters. The summed E-state index contributed by atoms with van der Waals surface area (Å²) in [5.41, 5.74) is 6.31. The van der Waals surface area contributed by atoms with E-state index < -0.39 is 5.91 Å². The first kappa shape index (κ1) is 12.7. The number of rotatable bonds is 3. The van der Waals surface area contributed by atoms with Gasteiger partial charge in [-0.2, -0.15) is 0 Å². The predicted octanol–water partition coefficient (Wildman–Crippen LogP) is 1.63. The summed E-state index contributed by atoms with van der Waals surface area (Å²) in [7, 11) is 1.50. The van der Waals surface area contributed by atoms with Crippen molar-refractivity contribution in [3.05, 3.63) is 42.1 Å². The summed E-state index contributed by atoms with van der Waals surface area (Å²) in [6.07, 6.45) is 1.46. The maximum atomic E-state index is 12.1. The van der Waals surface area contributed by atoms with Crippen molar-refractivity contribution >= 4 is 17.4 Å². The fourth-order valence-corrected chi connectivity index (χ4v) is 1.53. The number of methoxy groups -OCH3 is 1. The Morgan fingerprint density at radius 2 is 2.21 bits per heavy atom. The van der Waals surface area contributed by atoms with Crippen LogP contribution >= 0.6 is 0 Å². The number of aromatic hydroxyl groups is 1. The quantitative estimate of drug-likeness (QED) is 0.728. The van der Waals surface area contributed by atoms with Crippen LogP contribution in [0.25, 0.3) is 0 Å². The minimum atomic E-state index is -0.467. The van der Waals surface area contributed by atoms with Crippen molar-refractivity contribution in [2.75, 3.05) is 18.2 Å². The van der Waals surface area contributed by atoms with Gasteiger partial charge in [0.1, 0.15) is 5.75 Å². The number of nitrogen functional groups attached to an aromatic ring is 1. The Morgan fingerprint density at radius 3 is 2.89 bits per heavy atom. The molecule has 1 aromatic carbocycles. The van der Waals surface area contributed by atoms with Crippen LogP contribution in [0.4, 0.5) is 11.5 Å². The fraction of sp³-hybridized carbons (Fsp3) is 0.0769. The molecular formula is C13H13N3O3. The standard InChI is InChI=1S/C13H13N3O3/c1-19-8-4-5-10(14)9(7-8)13(18)16-12-11(17)3-2-6-15-12/h2-7,17H,14H2,1H3,(H,15,16,18). The average Bonchev–Trinajstić information content (AvgIpc) is 2.42. The van der Waals surface area contributed by atoms with Crippen molar-refractivity contribution < 1.29 is 14.6 Å². The molecule has 2 aromatic rings. The van der Waals surface area contributed by atoms with Crippen molar-refractivity contribution in [1.82, 2.24) is 4.98 Å². The Balaban J connectivity index is 2.28. The number of pyridine rings is 1. The van der Waals surface area contributed by atoms with Gasteiger partial charge in [-0.25, -0.2) is 4.98 Å². The highest BCUT2D eigenvalue weighted by molar-refractivity contribution is 6.08. The second kappa shape index (κ2) is 5.26. The molecule has 6 heteroatoms. The molecule has 0 spiro atoms. The number of nitrogens with zero attached hydrogens (tertiary/aromatic N) is 1. The molecule has 2 rings (SSSR count). The number of amides is 1. The van der Waals surface area contributed by atoms with Gasteiger partial charge < -0.3 is 20.9 Å². The molecule has 0 bridgehead atoms. The van der Waals surface area contributed by atoms with Crippen LogP contribution in [0.3, 0.4) is 0 Å². The zero-order valence-corrected chi connectivity index (χ0v) is 10.3. The smallest absolute Gasteiger partial charge is 0.259 e. The van der Waals surface area contributed by atoms with Crippen molar-refractivity contribution in [3.8, 4) is 11.5 Å². The summed E-state index contributed by atoms with van der Waals surface area (Å²) < 4.78 is 5.03. The summed E-state index contributed by atoms with van der Waals surface area (Å²) in [6, 6.07) is 7.74. The lowest BCUT2D eigenvalue weighted by atomic mass is 10.1. The van der Waals surface area contributed by atoms with Crippen LogP contribution in [0.15, 0.2) is 36.5 Å². The molecule has 0 aliphatic carbocycles. The zero-order chi connectivity index (χ0) is 13.8. The number of nitrogens with two attached hydrogens (primary N) is 1. The number of aromatic nitrogens is 1. The zero-order valence-electron chi connectivity index (χ0n) is 10.3. The lowest BCUT2D eigenvalue weighted by Gasteiger charge is -2.09. The second-order valence-electron chi connectivity index (χ2n) is 3.78. The third kappa shape index (κ3) is 2.74. The number of nitrogens with one attached hydrogen (secondary N) is 1. The monoisotopic (exact) mass is 259 g/mol. The highest BCUT2D eigenvalue weighted by Gasteiger charge is 2.13. The number of carbonyl (C=O) groups excluding carboxylic acids is 1. The van der Waals surface area contributed by atoms with Crippen LogP contribution in [-0.4, -0.2) is 23.1 Å². The van der Waals surface area contributed by atoms with Crippen LogP contribution < -0.4 is 15.8 Å². The van der Waals surface area contributed by atoms with Crippen molar-refractivity contribution in [2.24, 2.45) is 0 Å². The highest BCUT2D eigenvalue weighted by Crippen LogP contribution is 2.23. The molecule has 19 heavy (non-hydrogen) atoms. The Labute approximate surface area is 109 Å². The number of carbonyl (C=O) groups is 1. The first-order chi connectivity index (χ1) is 9.11. The van der Waals surface area contributed by atoms with Gasteiger partial charge in [0.15, 0.2) is 11.6 Å². The van der Waals surface area contributed by atoms with E-state index in [0.29, 0.717) is 11.4 Å². The average molecular weight is 259 g/mol. The molecule has 1 amide bonds. The summed E-state index contributed by atoms with van der Waals surface area (Å²) in [4.78, 5) is 15.9. The van der Waals surface area contributed by atoms with Gasteiger partial charge in [0, 0.05) is 11.9 Å². The molecule has 0 fully saturated rings. The molecule has 0 aliphatic heterocycles. The van der Waals surface area contributed by atoms with E-state index >= 15 is 0 Å². The second-order valence-corrected chi connectivity index (χ2v) is 3.78. The van der Waals surface area contributed by atoms with Gasteiger partial charge in [-0.05, 0) is 30.3 Å². The third-order valence-corrected chi connectivity index (χ3v) is 2.52. The van der Waals surface area contributed by atoms with Gasteiger partial charge in [-0.1, -0.05) is 0 Å². The van der Waals surface area contributed by atoms with E-state index in [1.165, 1.54) is 25.4 Å². The maximum Gasteiger partial charge on any atom is 0.259 e. The molecule has 1 aromatic heterocycles. The lowest BCUT2D eigenvalue weighted by Crippen LogP contribution is -2.15. The van der Waals surface area contributed by atoms with E-state index in [1.54, 1.807) is 18.2 Å². The van der Waals surface area contributed by atoms with E-state index in [-0.39, 0.29) is 17.1 Å². The van der Waals surface area contributed by atoms with Gasteiger partial charge in [-0.15, -0.1) is 0 Å². The molecule has 0 saturated carbocycles. The summed E-state index contributed by atoms with van der Waals surface area (Å²) in [5.74, 6) is 0.0158. The topological polar surface area (TPSA) is 97.5 Å². The molecule has 0 saturated heterocycles. The number of hydrogen-bond donors (Lipinski definition) is 3. The van der Waals surface area contributed by atoms with Crippen LogP contribution in [0.5, 0.6) is 11.5 Å². The Hall–Kier alpha value is -2.76. The van der Waals surface area contributed by atoms with Crippen LogP contribution in [0.2, 0.25) is 0 Å². The number of ether oxygens (including phenoxy) is 1. The molecule has 0 aliphatic rings. The molecule has 98 valence electrons. The fourth-order valence-electron chi connectivity index (χ4n) is 1.53. The van der Waals surface area contributed by atoms with E-state index in [9.17, 15) is 9.90 Å². The first-order valence-corrected chi connectivity index (χ1v) is 5.50. The van der Waals surface area contributed by atoms with Crippen LogP contribution in [0, 0.1) is 0 Å². The molecule has 0 atom stereocenters. The largest absolute Gasteiger partial charge is 0.504 e. The predicted molar refractivity (Wildman–Crippen MR) is 71.3 cm³/mol. The Morgan fingerprint density at radius 1 is 1.42 bits per heavy atom. The van der Waals surface area contributed by atoms with Gasteiger partial charge in [0.25, 0.3) is 5.91 Å². The lowest BCUT2D eigenvalue weighted by molar-refractivity contribution is 0.102. The van der Waals surface area contributed by atoms with Crippen molar-refractivity contribution in [2.45, 2.75) is 0 Å². The molecule has 6 nitrogen and oxygen atoms in total. The molecule has 0 radical (unpaired) electrons. The van der Waals surface area contributed by atoms with E-state index in [1.807, 2.05) is 0 Å². The summed E-state index contributed by atoms with van der Waals surface area (Å²) in [6.45, 7) is 0. The Bertz CT molecular complexity index is 614. The van der Waals surface area contributed by atoms with Crippen molar-refractivity contribution in [3.63, 3.8) is 0 Å². The normalized spacial score (nSPS) is 9.95. The SMILES string of the molecule is COc1ccc(N)c(C(=O)Nc2ncccc2O)c1. The molecule has 4 N–H and O–H groups in total. The van der Waals surface area contributed by atoms with E-state index in [0.717, 1.165) is 0 Å². The van der Waals surface area contributed by atoms with Gasteiger partial charge >= 0.3 is 0 Å². The Kier molecular flexibility index (Phi) is 3.51. The summed E-state index contributed by atoms with van der Waals surface area (Å²) >= 11 is 0. The minimum absolute atomic E-state index is 0.0784.